The molecule has 3 nitrogen and oxygen atoms in total. The van der Waals surface area contributed by atoms with Gasteiger partial charge in [0.2, 0.25) is 0 Å². The molecule has 0 aliphatic heterocycles. The molecule has 66 valence electrons. The third kappa shape index (κ3) is 4.93. The zero-order chi connectivity index (χ0) is 8.69. The molecule has 0 aliphatic carbocycles. The van der Waals surface area contributed by atoms with Crippen LogP contribution in [0.15, 0.2) is 0 Å². The topological polar surface area (TPSA) is 57.5 Å². The zero-order valence-electron chi connectivity index (χ0n) is 6.92. The highest BCUT2D eigenvalue weighted by molar-refractivity contribution is 5.82. The number of hydrogen-bond donors (Lipinski definition) is 2. The lowest BCUT2D eigenvalue weighted by atomic mass is 10.1. The minimum Gasteiger partial charge on any atom is -0.396 e. The van der Waals surface area contributed by atoms with Crippen LogP contribution in [-0.4, -0.2) is 28.7 Å². The number of unbranched alkanes of at least 4 members (excludes halogenated alkanes) is 1. The first-order chi connectivity index (χ1) is 5.22. The Hall–Kier alpha value is -0.410. The second-order valence-corrected chi connectivity index (χ2v) is 2.60. The van der Waals surface area contributed by atoms with Crippen LogP contribution in [0.3, 0.4) is 0 Å². The van der Waals surface area contributed by atoms with Gasteiger partial charge in [0.25, 0.3) is 0 Å². The summed E-state index contributed by atoms with van der Waals surface area (Å²) in [5.41, 5.74) is 0. The molecule has 0 saturated carbocycles. The van der Waals surface area contributed by atoms with Crippen LogP contribution in [-0.2, 0) is 4.79 Å². The van der Waals surface area contributed by atoms with Gasteiger partial charge in [-0.2, -0.15) is 0 Å². The molecule has 11 heavy (non-hydrogen) atoms. The molecule has 0 heterocycles. The molecule has 1 atom stereocenters. The van der Waals surface area contributed by atoms with Crippen molar-refractivity contribution in [2.45, 2.75) is 38.7 Å². The van der Waals surface area contributed by atoms with Crippen LogP contribution in [0.1, 0.15) is 32.6 Å². The van der Waals surface area contributed by atoms with E-state index < -0.39 is 6.10 Å². The lowest BCUT2D eigenvalue weighted by Crippen LogP contribution is -2.20. The van der Waals surface area contributed by atoms with Crippen molar-refractivity contribution in [1.82, 2.24) is 0 Å². The molecule has 0 saturated heterocycles. The number of Topliss-reactive ketones (excluding diaryl/α,β-unsaturated/α-hetero) is 1. The summed E-state index contributed by atoms with van der Waals surface area (Å²) in [4.78, 5) is 10.8. The van der Waals surface area contributed by atoms with Gasteiger partial charge in [-0.25, -0.2) is 0 Å². The number of hydrogen-bond acceptors (Lipinski definition) is 3. The van der Waals surface area contributed by atoms with Gasteiger partial charge in [0.15, 0.2) is 5.78 Å². The molecule has 0 aliphatic rings. The molecule has 0 aromatic rings. The van der Waals surface area contributed by atoms with E-state index in [-0.39, 0.29) is 18.8 Å². The molecular formula is C8H16O3. The summed E-state index contributed by atoms with van der Waals surface area (Å²) in [5.74, 6) is -0.249. The van der Waals surface area contributed by atoms with Crippen molar-refractivity contribution in [3.63, 3.8) is 0 Å². The summed E-state index contributed by atoms with van der Waals surface area (Å²) in [5, 5.41) is 17.5. The number of ketones is 1. The van der Waals surface area contributed by atoms with Crippen LogP contribution in [0.2, 0.25) is 0 Å². The Morgan fingerprint density at radius 1 is 1.55 bits per heavy atom. The Kier molecular flexibility index (Phi) is 6.07. The highest BCUT2D eigenvalue weighted by Gasteiger charge is 2.12. The molecule has 0 bridgehead atoms. The molecule has 0 aromatic carbocycles. The lowest BCUT2D eigenvalue weighted by Gasteiger charge is -2.06. The number of aliphatic hydroxyl groups excluding tert-OH is 2. The fourth-order valence-corrected chi connectivity index (χ4v) is 0.835. The van der Waals surface area contributed by atoms with Crippen molar-refractivity contribution in [3.05, 3.63) is 0 Å². The molecule has 0 amide bonds. The summed E-state index contributed by atoms with van der Waals surface area (Å²) < 4.78 is 0. The predicted octanol–water partition coefficient (Wildman–Crippen LogP) is 0.489. The second-order valence-electron chi connectivity index (χ2n) is 2.60. The van der Waals surface area contributed by atoms with E-state index in [0.717, 1.165) is 12.8 Å². The quantitative estimate of drug-likeness (QED) is 0.594. The van der Waals surface area contributed by atoms with Gasteiger partial charge in [0, 0.05) is 6.42 Å². The maximum absolute atomic E-state index is 10.8. The fourth-order valence-electron chi connectivity index (χ4n) is 0.835. The van der Waals surface area contributed by atoms with Gasteiger partial charge in [-0.3, -0.25) is 4.79 Å². The van der Waals surface area contributed by atoms with E-state index >= 15 is 0 Å². The van der Waals surface area contributed by atoms with E-state index in [1.165, 1.54) is 0 Å². The Bertz CT molecular complexity index is 112. The summed E-state index contributed by atoms with van der Waals surface area (Å²) in [6, 6.07) is 0. The molecule has 0 rings (SSSR count). The highest BCUT2D eigenvalue weighted by atomic mass is 16.3. The van der Waals surface area contributed by atoms with E-state index in [9.17, 15) is 4.79 Å². The van der Waals surface area contributed by atoms with Crippen molar-refractivity contribution in [2.24, 2.45) is 0 Å². The van der Waals surface area contributed by atoms with Crippen LogP contribution >= 0.6 is 0 Å². The smallest absolute Gasteiger partial charge is 0.163 e. The van der Waals surface area contributed by atoms with Gasteiger partial charge < -0.3 is 10.2 Å². The molecular weight excluding hydrogens is 144 g/mol. The highest BCUT2D eigenvalue weighted by Crippen LogP contribution is 2.02. The molecule has 0 radical (unpaired) electrons. The van der Waals surface area contributed by atoms with Gasteiger partial charge in [-0.1, -0.05) is 19.8 Å². The van der Waals surface area contributed by atoms with Crippen molar-refractivity contribution >= 4 is 5.78 Å². The third-order valence-corrected chi connectivity index (χ3v) is 1.56. The second kappa shape index (κ2) is 6.31. The molecule has 0 aromatic heterocycles. The van der Waals surface area contributed by atoms with E-state index in [1.807, 2.05) is 6.92 Å². The van der Waals surface area contributed by atoms with Gasteiger partial charge in [0.1, 0.15) is 6.10 Å². The molecule has 1 unspecified atom stereocenters. The standard InChI is InChI=1S/C8H16O3/c1-2-3-4-7(10)8(11)5-6-9/h7,9-10H,2-6H2,1H3. The van der Waals surface area contributed by atoms with E-state index in [2.05, 4.69) is 0 Å². The minimum absolute atomic E-state index is 0.0743. The van der Waals surface area contributed by atoms with Crippen LogP contribution in [0.5, 0.6) is 0 Å². The summed E-state index contributed by atoms with van der Waals surface area (Å²) >= 11 is 0. The van der Waals surface area contributed by atoms with Gasteiger partial charge in [0.05, 0.1) is 6.61 Å². The maximum Gasteiger partial charge on any atom is 0.163 e. The first-order valence-electron chi connectivity index (χ1n) is 4.04. The Morgan fingerprint density at radius 3 is 2.64 bits per heavy atom. The van der Waals surface area contributed by atoms with E-state index in [1.54, 1.807) is 0 Å². The van der Waals surface area contributed by atoms with Crippen molar-refractivity contribution in [2.75, 3.05) is 6.61 Å². The molecule has 3 heteroatoms. The Balaban J connectivity index is 3.46. The number of aliphatic hydroxyl groups is 2. The third-order valence-electron chi connectivity index (χ3n) is 1.56. The van der Waals surface area contributed by atoms with Crippen LogP contribution < -0.4 is 0 Å². The van der Waals surface area contributed by atoms with Crippen LogP contribution in [0, 0.1) is 0 Å². The number of rotatable bonds is 6. The number of carbonyl (C=O) groups is 1. The van der Waals surface area contributed by atoms with Gasteiger partial charge in [-0.05, 0) is 6.42 Å². The SMILES string of the molecule is CCCCC(O)C(=O)CCO. The minimum atomic E-state index is -0.859. The monoisotopic (exact) mass is 160 g/mol. The fraction of sp³-hybridized carbons (Fsp3) is 0.875. The van der Waals surface area contributed by atoms with Gasteiger partial charge >= 0.3 is 0 Å². The Labute approximate surface area is 67.0 Å². The van der Waals surface area contributed by atoms with Crippen LogP contribution in [0.25, 0.3) is 0 Å². The summed E-state index contributed by atoms with van der Waals surface area (Å²) in [7, 11) is 0. The normalized spacial score (nSPS) is 13.0. The molecule has 0 spiro atoms. The average Bonchev–Trinajstić information content (AvgIpc) is 2.00. The maximum atomic E-state index is 10.8. The molecule has 0 fully saturated rings. The first-order valence-corrected chi connectivity index (χ1v) is 4.04. The lowest BCUT2D eigenvalue weighted by molar-refractivity contribution is -0.128. The summed E-state index contributed by atoms with van der Waals surface area (Å²) in [6.07, 6.45) is 1.57. The predicted molar refractivity (Wildman–Crippen MR) is 42.2 cm³/mol. The van der Waals surface area contributed by atoms with Crippen molar-refractivity contribution < 1.29 is 15.0 Å². The average molecular weight is 160 g/mol. The summed E-state index contributed by atoms with van der Waals surface area (Å²) in [6.45, 7) is 1.84. The van der Waals surface area contributed by atoms with Crippen molar-refractivity contribution in [3.8, 4) is 0 Å². The molecule has 2 N–H and O–H groups in total. The first kappa shape index (κ1) is 10.6. The van der Waals surface area contributed by atoms with E-state index in [4.69, 9.17) is 10.2 Å². The Morgan fingerprint density at radius 2 is 2.18 bits per heavy atom. The van der Waals surface area contributed by atoms with Crippen LogP contribution in [0.4, 0.5) is 0 Å². The van der Waals surface area contributed by atoms with E-state index in [0.29, 0.717) is 6.42 Å². The van der Waals surface area contributed by atoms with Gasteiger partial charge in [-0.15, -0.1) is 0 Å². The van der Waals surface area contributed by atoms with Crippen molar-refractivity contribution in [1.29, 1.82) is 0 Å². The number of carbonyl (C=O) groups excluding carboxylic acids is 1. The zero-order valence-corrected chi connectivity index (χ0v) is 6.92. The largest absolute Gasteiger partial charge is 0.396 e.